The lowest BCUT2D eigenvalue weighted by Crippen LogP contribution is -1.98. The van der Waals surface area contributed by atoms with Crippen molar-refractivity contribution < 1.29 is 4.74 Å². The summed E-state index contributed by atoms with van der Waals surface area (Å²) in [6.07, 6.45) is 6.74. The predicted octanol–water partition coefficient (Wildman–Crippen LogP) is 1.04. The van der Waals surface area contributed by atoms with Crippen LogP contribution in [0.15, 0.2) is 12.3 Å². The highest BCUT2D eigenvalue weighted by molar-refractivity contribution is 5.49. The van der Waals surface area contributed by atoms with Crippen molar-refractivity contribution in [3.05, 3.63) is 17.8 Å². The highest BCUT2D eigenvalue weighted by atomic mass is 16.5. The monoisotopic (exact) mass is 162 g/mol. The van der Waals surface area contributed by atoms with E-state index < -0.39 is 0 Å². The summed E-state index contributed by atoms with van der Waals surface area (Å²) in [5.41, 5.74) is 6.63. The normalized spacial score (nSPS) is 9.00. The number of ether oxygens (including phenoxy) is 1. The van der Waals surface area contributed by atoms with Crippen molar-refractivity contribution in [3.8, 4) is 18.2 Å². The maximum absolute atomic E-state index is 5.49. The third kappa shape index (κ3) is 1.67. The Balaban J connectivity index is 3.05. The van der Waals surface area contributed by atoms with Gasteiger partial charge in [-0.2, -0.15) is 0 Å². The summed E-state index contributed by atoms with van der Waals surface area (Å²) >= 11 is 0. The number of hydrogen-bond acceptors (Lipinski definition) is 3. The summed E-state index contributed by atoms with van der Waals surface area (Å²) in [6, 6.07) is 1.66. The number of nitrogens with two attached hydrogens (primary N) is 1. The Morgan fingerprint density at radius 2 is 2.50 bits per heavy atom. The van der Waals surface area contributed by atoms with E-state index in [0.29, 0.717) is 23.7 Å². The van der Waals surface area contributed by atoms with Crippen molar-refractivity contribution in [1.29, 1.82) is 0 Å². The minimum atomic E-state index is 0.467. The molecule has 2 N–H and O–H groups in total. The van der Waals surface area contributed by atoms with E-state index in [1.165, 1.54) is 6.20 Å². The van der Waals surface area contributed by atoms with Crippen molar-refractivity contribution in [2.45, 2.75) is 6.92 Å². The molecule has 1 aromatic heterocycles. The average molecular weight is 162 g/mol. The van der Waals surface area contributed by atoms with Gasteiger partial charge in [0, 0.05) is 0 Å². The molecule has 1 heterocycles. The Labute approximate surface area is 71.6 Å². The second-order valence-electron chi connectivity index (χ2n) is 2.20. The number of anilines is 1. The van der Waals surface area contributed by atoms with Crippen molar-refractivity contribution >= 4 is 5.69 Å². The summed E-state index contributed by atoms with van der Waals surface area (Å²) in [5.74, 6) is 2.92. The van der Waals surface area contributed by atoms with Gasteiger partial charge in [-0.3, -0.25) is 0 Å². The molecule has 0 aliphatic heterocycles. The Bertz CT molecular complexity index is 315. The number of nitrogen functional groups attached to an aromatic ring is 1. The standard InChI is InChI=1S/C9H10N2O/c1-3-7-5-8(10)6-11-9(7)12-4-2/h1,5-6H,4,10H2,2H3. The second kappa shape index (κ2) is 3.63. The third-order valence-corrected chi connectivity index (χ3v) is 1.31. The molecule has 0 bridgehead atoms. The van der Waals surface area contributed by atoms with E-state index in [2.05, 4.69) is 10.9 Å². The zero-order valence-electron chi connectivity index (χ0n) is 6.87. The van der Waals surface area contributed by atoms with Gasteiger partial charge in [-0.15, -0.1) is 6.42 Å². The Morgan fingerprint density at radius 3 is 3.08 bits per heavy atom. The van der Waals surface area contributed by atoms with E-state index in [4.69, 9.17) is 16.9 Å². The molecule has 0 fully saturated rings. The van der Waals surface area contributed by atoms with Crippen LogP contribution in [-0.2, 0) is 0 Å². The maximum atomic E-state index is 5.49. The summed E-state index contributed by atoms with van der Waals surface area (Å²) < 4.78 is 5.17. The summed E-state index contributed by atoms with van der Waals surface area (Å²) in [7, 11) is 0. The van der Waals surface area contributed by atoms with E-state index in [-0.39, 0.29) is 0 Å². The smallest absolute Gasteiger partial charge is 0.229 e. The molecule has 0 spiro atoms. The van der Waals surface area contributed by atoms with Gasteiger partial charge in [0.2, 0.25) is 5.88 Å². The number of rotatable bonds is 2. The fourth-order valence-electron chi connectivity index (χ4n) is 0.824. The van der Waals surface area contributed by atoms with E-state index >= 15 is 0 Å². The van der Waals surface area contributed by atoms with E-state index in [1.54, 1.807) is 6.07 Å². The average Bonchev–Trinajstić information content (AvgIpc) is 2.08. The number of nitrogens with zero attached hydrogens (tertiary/aromatic N) is 1. The Morgan fingerprint density at radius 1 is 1.75 bits per heavy atom. The Hall–Kier alpha value is -1.69. The molecule has 3 heteroatoms. The lowest BCUT2D eigenvalue weighted by molar-refractivity contribution is 0.326. The predicted molar refractivity (Wildman–Crippen MR) is 47.8 cm³/mol. The molecule has 3 nitrogen and oxygen atoms in total. The fourth-order valence-corrected chi connectivity index (χ4v) is 0.824. The third-order valence-electron chi connectivity index (χ3n) is 1.31. The molecule has 0 aliphatic rings. The number of aromatic nitrogens is 1. The zero-order valence-corrected chi connectivity index (χ0v) is 6.87. The topological polar surface area (TPSA) is 48.1 Å². The molecule has 0 aliphatic carbocycles. The lowest BCUT2D eigenvalue weighted by atomic mass is 10.2. The fraction of sp³-hybridized carbons (Fsp3) is 0.222. The molecule has 1 rings (SSSR count). The highest BCUT2D eigenvalue weighted by Gasteiger charge is 2.01. The maximum Gasteiger partial charge on any atom is 0.229 e. The van der Waals surface area contributed by atoms with Crippen molar-refractivity contribution in [3.63, 3.8) is 0 Å². The summed E-state index contributed by atoms with van der Waals surface area (Å²) in [5, 5.41) is 0. The van der Waals surface area contributed by atoms with Crippen LogP contribution in [0, 0.1) is 12.3 Å². The van der Waals surface area contributed by atoms with Gasteiger partial charge in [0.25, 0.3) is 0 Å². The first-order chi connectivity index (χ1) is 5.77. The van der Waals surface area contributed by atoms with Crippen molar-refractivity contribution in [2.75, 3.05) is 12.3 Å². The van der Waals surface area contributed by atoms with Crippen LogP contribution >= 0.6 is 0 Å². The number of pyridine rings is 1. The Kier molecular flexibility index (Phi) is 2.54. The van der Waals surface area contributed by atoms with Crippen LogP contribution in [0.2, 0.25) is 0 Å². The molecule has 0 radical (unpaired) electrons. The molecule has 0 amide bonds. The van der Waals surface area contributed by atoms with Gasteiger partial charge in [0.1, 0.15) is 0 Å². The van der Waals surface area contributed by atoms with Gasteiger partial charge in [-0.25, -0.2) is 4.98 Å². The molecule has 0 saturated heterocycles. The molecular formula is C9H10N2O. The van der Waals surface area contributed by atoms with Crippen molar-refractivity contribution in [1.82, 2.24) is 4.98 Å². The van der Waals surface area contributed by atoms with Gasteiger partial charge in [0.05, 0.1) is 24.1 Å². The lowest BCUT2D eigenvalue weighted by Gasteiger charge is -2.04. The van der Waals surface area contributed by atoms with Gasteiger partial charge in [0.15, 0.2) is 0 Å². The summed E-state index contributed by atoms with van der Waals surface area (Å²) in [6.45, 7) is 2.42. The molecule has 62 valence electrons. The van der Waals surface area contributed by atoms with Crippen LogP contribution in [0.25, 0.3) is 0 Å². The number of terminal acetylenes is 1. The van der Waals surface area contributed by atoms with Crippen LogP contribution in [0.5, 0.6) is 5.88 Å². The first kappa shape index (κ1) is 8.41. The molecule has 0 saturated carbocycles. The van der Waals surface area contributed by atoms with Crippen LogP contribution < -0.4 is 10.5 Å². The van der Waals surface area contributed by atoms with Crippen LogP contribution in [0.1, 0.15) is 12.5 Å². The molecule has 1 aromatic rings. The highest BCUT2D eigenvalue weighted by Crippen LogP contribution is 2.15. The molecule has 0 aromatic carbocycles. The second-order valence-corrected chi connectivity index (χ2v) is 2.20. The van der Waals surface area contributed by atoms with Crippen molar-refractivity contribution in [2.24, 2.45) is 0 Å². The van der Waals surface area contributed by atoms with Gasteiger partial charge >= 0.3 is 0 Å². The van der Waals surface area contributed by atoms with E-state index in [0.717, 1.165) is 0 Å². The van der Waals surface area contributed by atoms with E-state index in [9.17, 15) is 0 Å². The zero-order chi connectivity index (χ0) is 8.97. The first-order valence-electron chi connectivity index (χ1n) is 3.63. The first-order valence-corrected chi connectivity index (χ1v) is 3.63. The largest absolute Gasteiger partial charge is 0.477 e. The minimum absolute atomic E-state index is 0.467. The summed E-state index contributed by atoms with van der Waals surface area (Å²) in [4.78, 5) is 3.95. The van der Waals surface area contributed by atoms with Gasteiger partial charge in [-0.05, 0) is 13.0 Å². The van der Waals surface area contributed by atoms with Gasteiger partial charge in [-0.1, -0.05) is 5.92 Å². The van der Waals surface area contributed by atoms with E-state index in [1.807, 2.05) is 6.92 Å². The molecule has 0 unspecified atom stereocenters. The molecule has 0 atom stereocenters. The molecular weight excluding hydrogens is 152 g/mol. The minimum Gasteiger partial charge on any atom is -0.477 e. The van der Waals surface area contributed by atoms with Crippen LogP contribution in [0.3, 0.4) is 0 Å². The van der Waals surface area contributed by atoms with Gasteiger partial charge < -0.3 is 10.5 Å². The quantitative estimate of drug-likeness (QED) is 0.661. The van der Waals surface area contributed by atoms with Crippen LogP contribution in [0.4, 0.5) is 5.69 Å². The van der Waals surface area contributed by atoms with Crippen LogP contribution in [-0.4, -0.2) is 11.6 Å². The molecule has 12 heavy (non-hydrogen) atoms. The SMILES string of the molecule is C#Cc1cc(N)cnc1OCC. The number of hydrogen-bond donors (Lipinski definition) is 1.